The van der Waals surface area contributed by atoms with Gasteiger partial charge in [0.1, 0.15) is 12.3 Å². The van der Waals surface area contributed by atoms with Crippen molar-refractivity contribution in [2.75, 3.05) is 6.61 Å². The van der Waals surface area contributed by atoms with Gasteiger partial charge in [-0.15, -0.1) is 0 Å². The maximum absolute atomic E-state index is 10.9. The summed E-state index contributed by atoms with van der Waals surface area (Å²) in [5, 5.41) is 11.9. The second kappa shape index (κ2) is 4.42. The first-order valence-electron chi connectivity index (χ1n) is 4.90. The molecule has 80 valence electrons. The van der Waals surface area contributed by atoms with Crippen LogP contribution >= 0.6 is 0 Å². The monoisotopic (exact) mass is 207 g/mol. The largest absolute Gasteiger partial charge is 0.480 e. The molecule has 4 nitrogen and oxygen atoms in total. The van der Waals surface area contributed by atoms with Crippen LogP contribution < -0.4 is 5.32 Å². The van der Waals surface area contributed by atoms with E-state index in [0.717, 1.165) is 5.56 Å². The number of benzene rings is 1. The third kappa shape index (κ3) is 3.04. The number of aliphatic carboxylic acids is 1. The van der Waals surface area contributed by atoms with Crippen LogP contribution in [0.4, 0.5) is 0 Å². The summed E-state index contributed by atoms with van der Waals surface area (Å²) in [6, 6.07) is 9.00. The van der Waals surface area contributed by atoms with E-state index in [1.807, 2.05) is 30.3 Å². The highest BCUT2D eigenvalue weighted by Crippen LogP contribution is 2.09. The molecule has 2 N–H and O–H groups in total. The number of hydrogen-bond acceptors (Lipinski definition) is 3. The first-order valence-corrected chi connectivity index (χ1v) is 4.90. The molecule has 0 spiro atoms. The molecule has 1 fully saturated rings. The van der Waals surface area contributed by atoms with Crippen LogP contribution in [-0.4, -0.2) is 30.0 Å². The Morgan fingerprint density at radius 2 is 2.20 bits per heavy atom. The van der Waals surface area contributed by atoms with Crippen LogP contribution in [0.2, 0.25) is 0 Å². The third-order valence-electron chi connectivity index (χ3n) is 2.30. The molecule has 1 saturated heterocycles. The van der Waals surface area contributed by atoms with Gasteiger partial charge in [0.05, 0.1) is 6.61 Å². The maximum Gasteiger partial charge on any atom is 0.321 e. The van der Waals surface area contributed by atoms with Crippen LogP contribution in [0.1, 0.15) is 5.56 Å². The molecule has 1 aliphatic rings. The Hall–Kier alpha value is -1.39. The second-order valence-electron chi connectivity index (χ2n) is 3.57. The minimum absolute atomic E-state index is 0.0742. The van der Waals surface area contributed by atoms with E-state index in [0.29, 0.717) is 13.0 Å². The zero-order valence-corrected chi connectivity index (χ0v) is 8.22. The van der Waals surface area contributed by atoms with Gasteiger partial charge < -0.3 is 9.84 Å². The summed E-state index contributed by atoms with van der Waals surface area (Å²) in [5.74, 6) is -0.839. The summed E-state index contributed by atoms with van der Waals surface area (Å²) in [6.07, 6.45) is 0.408. The molecule has 2 atom stereocenters. The molecule has 4 heteroatoms. The van der Waals surface area contributed by atoms with E-state index in [1.54, 1.807) is 0 Å². The van der Waals surface area contributed by atoms with E-state index in [-0.39, 0.29) is 6.23 Å². The van der Waals surface area contributed by atoms with Crippen molar-refractivity contribution in [3.8, 4) is 0 Å². The minimum atomic E-state index is -0.839. The lowest BCUT2D eigenvalue weighted by molar-refractivity contribution is -0.139. The molecule has 0 saturated carbocycles. The molecule has 0 aromatic heterocycles. The lowest BCUT2D eigenvalue weighted by atomic mass is 10.1. The van der Waals surface area contributed by atoms with Crippen molar-refractivity contribution >= 4 is 5.97 Å². The van der Waals surface area contributed by atoms with Gasteiger partial charge >= 0.3 is 5.97 Å². The lowest BCUT2D eigenvalue weighted by Crippen LogP contribution is -2.40. The van der Waals surface area contributed by atoms with Gasteiger partial charge in [-0.3, -0.25) is 10.1 Å². The first-order chi connectivity index (χ1) is 7.25. The van der Waals surface area contributed by atoms with E-state index in [9.17, 15) is 4.79 Å². The van der Waals surface area contributed by atoms with E-state index >= 15 is 0 Å². The Bertz CT molecular complexity index is 335. The Morgan fingerprint density at radius 1 is 1.53 bits per heavy atom. The van der Waals surface area contributed by atoms with Gasteiger partial charge in [-0.2, -0.15) is 0 Å². The molecule has 1 aromatic rings. The number of hydrogen-bond donors (Lipinski definition) is 2. The smallest absolute Gasteiger partial charge is 0.321 e. The van der Waals surface area contributed by atoms with Gasteiger partial charge in [-0.25, -0.2) is 0 Å². The average molecular weight is 207 g/mol. The Labute approximate surface area is 87.9 Å². The zero-order chi connectivity index (χ0) is 10.7. The number of carboxylic acid groups (broad SMARTS) is 1. The lowest BCUT2D eigenvalue weighted by Gasteiger charge is -2.12. The standard InChI is InChI=1S/C11H13NO3/c13-11(14)9(12-10-7-15-10)6-8-4-2-1-3-5-8/h1-5,9-10,12H,6-7H2,(H,13,14). The summed E-state index contributed by atoms with van der Waals surface area (Å²) in [4.78, 5) is 10.9. The maximum atomic E-state index is 10.9. The highest BCUT2D eigenvalue weighted by atomic mass is 16.6. The fourth-order valence-corrected chi connectivity index (χ4v) is 1.44. The molecule has 0 aliphatic carbocycles. The third-order valence-corrected chi connectivity index (χ3v) is 2.30. The predicted octanol–water partition coefficient (Wildman–Crippen LogP) is 0.628. The molecule has 2 unspecified atom stereocenters. The quantitative estimate of drug-likeness (QED) is 0.695. The molecule has 15 heavy (non-hydrogen) atoms. The van der Waals surface area contributed by atoms with E-state index in [2.05, 4.69) is 5.32 Å². The highest BCUT2D eigenvalue weighted by Gasteiger charge is 2.29. The molecule has 0 bridgehead atoms. The Kier molecular flexibility index (Phi) is 2.99. The van der Waals surface area contributed by atoms with Crippen molar-refractivity contribution in [3.63, 3.8) is 0 Å². The first kappa shape index (κ1) is 10.1. The summed E-state index contributed by atoms with van der Waals surface area (Å²) in [7, 11) is 0. The van der Waals surface area contributed by atoms with Crippen molar-refractivity contribution in [1.29, 1.82) is 0 Å². The molecule has 0 radical (unpaired) electrons. The molecular formula is C11H13NO3. The molecule has 1 aliphatic heterocycles. The van der Waals surface area contributed by atoms with E-state index in [4.69, 9.17) is 9.84 Å². The molecule has 1 heterocycles. The second-order valence-corrected chi connectivity index (χ2v) is 3.57. The van der Waals surface area contributed by atoms with Gasteiger partial charge in [-0.1, -0.05) is 30.3 Å². The fourth-order valence-electron chi connectivity index (χ4n) is 1.44. The van der Waals surface area contributed by atoms with Gasteiger partial charge in [-0.05, 0) is 12.0 Å². The topological polar surface area (TPSA) is 61.9 Å². The van der Waals surface area contributed by atoms with Crippen LogP contribution in [0.3, 0.4) is 0 Å². The van der Waals surface area contributed by atoms with Crippen molar-refractivity contribution in [1.82, 2.24) is 5.32 Å². The Balaban J connectivity index is 1.96. The van der Waals surface area contributed by atoms with Crippen LogP contribution in [-0.2, 0) is 16.0 Å². The highest BCUT2D eigenvalue weighted by molar-refractivity contribution is 5.74. The van der Waals surface area contributed by atoms with Crippen molar-refractivity contribution < 1.29 is 14.6 Å². The van der Waals surface area contributed by atoms with Crippen molar-refractivity contribution in [2.45, 2.75) is 18.7 Å². The number of rotatable bonds is 5. The van der Waals surface area contributed by atoms with Crippen molar-refractivity contribution in [2.24, 2.45) is 0 Å². The summed E-state index contributed by atoms with van der Waals surface area (Å²) in [6.45, 7) is 0.610. The fraction of sp³-hybridized carbons (Fsp3) is 0.364. The number of ether oxygens (including phenoxy) is 1. The number of carbonyl (C=O) groups is 1. The normalized spacial score (nSPS) is 20.9. The molecule has 2 rings (SSSR count). The summed E-state index contributed by atoms with van der Waals surface area (Å²) >= 11 is 0. The van der Waals surface area contributed by atoms with Gasteiger partial charge in [0.2, 0.25) is 0 Å². The minimum Gasteiger partial charge on any atom is -0.480 e. The summed E-state index contributed by atoms with van der Waals surface area (Å²) < 4.78 is 4.95. The van der Waals surface area contributed by atoms with Crippen LogP contribution in [0, 0.1) is 0 Å². The van der Waals surface area contributed by atoms with E-state index in [1.165, 1.54) is 0 Å². The molecule has 0 amide bonds. The SMILES string of the molecule is O=C(O)C(Cc1ccccc1)NC1CO1. The van der Waals surface area contributed by atoms with Crippen LogP contribution in [0.25, 0.3) is 0 Å². The molecule has 1 aromatic carbocycles. The molecular weight excluding hydrogens is 194 g/mol. The number of epoxide rings is 1. The Morgan fingerprint density at radius 3 is 2.73 bits per heavy atom. The zero-order valence-electron chi connectivity index (χ0n) is 8.22. The van der Waals surface area contributed by atoms with Gasteiger partial charge in [0.15, 0.2) is 0 Å². The van der Waals surface area contributed by atoms with E-state index < -0.39 is 12.0 Å². The number of carboxylic acids is 1. The average Bonchev–Trinajstić information content (AvgIpc) is 3.02. The predicted molar refractivity (Wildman–Crippen MR) is 54.4 cm³/mol. The van der Waals surface area contributed by atoms with Crippen LogP contribution in [0.5, 0.6) is 0 Å². The summed E-state index contributed by atoms with van der Waals surface area (Å²) in [5.41, 5.74) is 1.01. The number of nitrogens with one attached hydrogen (secondary N) is 1. The van der Waals surface area contributed by atoms with Gasteiger partial charge in [0.25, 0.3) is 0 Å². The van der Waals surface area contributed by atoms with Gasteiger partial charge in [0, 0.05) is 0 Å². The van der Waals surface area contributed by atoms with Crippen LogP contribution in [0.15, 0.2) is 30.3 Å². The van der Waals surface area contributed by atoms with Crippen molar-refractivity contribution in [3.05, 3.63) is 35.9 Å².